The first-order chi connectivity index (χ1) is 10.1. The molecule has 1 atom stereocenters. The Balaban J connectivity index is 2.00. The molecule has 0 fully saturated rings. The molecule has 0 radical (unpaired) electrons. The summed E-state index contributed by atoms with van der Waals surface area (Å²) in [6.45, 7) is 2.82. The molecular formula is C17H16FNOS. The van der Waals surface area contributed by atoms with Gasteiger partial charge >= 0.3 is 0 Å². The number of amides is 1. The fourth-order valence-corrected chi connectivity index (χ4v) is 3.59. The molecule has 21 heavy (non-hydrogen) atoms. The van der Waals surface area contributed by atoms with Gasteiger partial charge in [0.15, 0.2) is 0 Å². The summed E-state index contributed by atoms with van der Waals surface area (Å²) in [4.78, 5) is 15.6. The normalized spacial score (nSPS) is 18.0. The summed E-state index contributed by atoms with van der Waals surface area (Å²) in [6.07, 6.45) is 0.917. The number of nitrogens with zero attached hydrogens (tertiary/aromatic N) is 1. The van der Waals surface area contributed by atoms with Crippen LogP contribution in [0, 0.1) is 5.82 Å². The SMILES string of the molecule is CC1CCN(C(=O)c2cccc(F)c2)c2ccccc2S1. The topological polar surface area (TPSA) is 20.3 Å². The lowest BCUT2D eigenvalue weighted by molar-refractivity contribution is 0.0986. The molecule has 1 heterocycles. The summed E-state index contributed by atoms with van der Waals surface area (Å²) in [5.41, 5.74) is 1.31. The minimum absolute atomic E-state index is 0.142. The number of thioether (sulfide) groups is 1. The highest BCUT2D eigenvalue weighted by atomic mass is 32.2. The smallest absolute Gasteiger partial charge is 0.258 e. The van der Waals surface area contributed by atoms with E-state index in [1.807, 2.05) is 24.3 Å². The van der Waals surface area contributed by atoms with Crippen molar-refractivity contribution in [2.45, 2.75) is 23.5 Å². The Morgan fingerprint density at radius 3 is 2.86 bits per heavy atom. The molecule has 2 nitrogen and oxygen atoms in total. The van der Waals surface area contributed by atoms with Crippen LogP contribution >= 0.6 is 11.8 Å². The first kappa shape index (κ1) is 14.1. The molecule has 0 bridgehead atoms. The van der Waals surface area contributed by atoms with Gasteiger partial charge in [0.25, 0.3) is 5.91 Å². The number of para-hydroxylation sites is 1. The zero-order valence-corrected chi connectivity index (χ0v) is 12.6. The van der Waals surface area contributed by atoms with Crippen molar-refractivity contribution in [3.63, 3.8) is 0 Å². The van der Waals surface area contributed by atoms with Crippen molar-refractivity contribution in [2.24, 2.45) is 0 Å². The number of carbonyl (C=O) groups is 1. The van der Waals surface area contributed by atoms with E-state index in [4.69, 9.17) is 0 Å². The van der Waals surface area contributed by atoms with Crippen LogP contribution in [0.2, 0.25) is 0 Å². The maximum absolute atomic E-state index is 13.4. The summed E-state index contributed by atoms with van der Waals surface area (Å²) in [5.74, 6) is -0.525. The molecule has 2 aromatic rings. The lowest BCUT2D eigenvalue weighted by Gasteiger charge is -2.22. The van der Waals surface area contributed by atoms with Crippen LogP contribution in [0.15, 0.2) is 53.4 Å². The number of carbonyl (C=O) groups excluding carboxylic acids is 1. The van der Waals surface area contributed by atoms with Gasteiger partial charge in [0, 0.05) is 22.3 Å². The number of hydrogen-bond acceptors (Lipinski definition) is 2. The Kier molecular flexibility index (Phi) is 3.97. The van der Waals surface area contributed by atoms with E-state index in [1.54, 1.807) is 28.8 Å². The molecule has 0 aromatic heterocycles. The molecule has 0 N–H and O–H groups in total. The van der Waals surface area contributed by atoms with Crippen LogP contribution in [0.25, 0.3) is 0 Å². The summed E-state index contributed by atoms with van der Waals surface area (Å²) in [6, 6.07) is 13.8. The maximum Gasteiger partial charge on any atom is 0.258 e. The van der Waals surface area contributed by atoms with Gasteiger partial charge in [0.1, 0.15) is 5.82 Å². The third-order valence-electron chi connectivity index (χ3n) is 3.56. The maximum atomic E-state index is 13.4. The predicted molar refractivity (Wildman–Crippen MR) is 84.5 cm³/mol. The van der Waals surface area contributed by atoms with Gasteiger partial charge in [-0.05, 0) is 36.8 Å². The fraction of sp³-hybridized carbons (Fsp3) is 0.235. The highest BCUT2D eigenvalue weighted by Gasteiger charge is 2.24. The number of fused-ring (bicyclic) bond motifs is 1. The number of hydrogen-bond donors (Lipinski definition) is 0. The molecule has 108 valence electrons. The Morgan fingerprint density at radius 2 is 2.05 bits per heavy atom. The third-order valence-corrected chi connectivity index (χ3v) is 4.80. The Morgan fingerprint density at radius 1 is 1.24 bits per heavy atom. The molecule has 4 heteroatoms. The fourth-order valence-electron chi connectivity index (χ4n) is 2.48. The quantitative estimate of drug-likeness (QED) is 0.780. The van der Waals surface area contributed by atoms with Crippen LogP contribution in [-0.2, 0) is 0 Å². The molecule has 1 aliphatic rings. The van der Waals surface area contributed by atoms with Gasteiger partial charge in [-0.15, -0.1) is 11.8 Å². The van der Waals surface area contributed by atoms with Gasteiger partial charge in [0.2, 0.25) is 0 Å². The van der Waals surface area contributed by atoms with Gasteiger partial charge in [0.05, 0.1) is 5.69 Å². The van der Waals surface area contributed by atoms with E-state index >= 15 is 0 Å². The minimum atomic E-state index is -0.383. The summed E-state index contributed by atoms with van der Waals surface area (Å²) in [5, 5.41) is 0.455. The van der Waals surface area contributed by atoms with Crippen molar-refractivity contribution in [1.82, 2.24) is 0 Å². The van der Waals surface area contributed by atoms with Crippen LogP contribution in [0.4, 0.5) is 10.1 Å². The summed E-state index contributed by atoms with van der Waals surface area (Å²) < 4.78 is 13.4. The van der Waals surface area contributed by atoms with E-state index in [2.05, 4.69) is 6.92 Å². The van der Waals surface area contributed by atoms with E-state index in [0.29, 0.717) is 17.4 Å². The zero-order valence-electron chi connectivity index (χ0n) is 11.8. The third kappa shape index (κ3) is 2.95. The van der Waals surface area contributed by atoms with Crippen molar-refractivity contribution >= 4 is 23.4 Å². The average molecular weight is 301 g/mol. The largest absolute Gasteiger partial charge is 0.307 e. The lowest BCUT2D eigenvalue weighted by atomic mass is 10.1. The van der Waals surface area contributed by atoms with Crippen molar-refractivity contribution in [1.29, 1.82) is 0 Å². The zero-order chi connectivity index (χ0) is 14.8. The summed E-state index contributed by atoms with van der Waals surface area (Å²) in [7, 11) is 0. The minimum Gasteiger partial charge on any atom is -0.307 e. The van der Waals surface area contributed by atoms with E-state index < -0.39 is 0 Å². The van der Waals surface area contributed by atoms with Crippen molar-refractivity contribution < 1.29 is 9.18 Å². The van der Waals surface area contributed by atoms with Crippen LogP contribution < -0.4 is 4.90 Å². The highest BCUT2D eigenvalue weighted by Crippen LogP contribution is 2.37. The van der Waals surface area contributed by atoms with Crippen LogP contribution in [0.1, 0.15) is 23.7 Å². The second-order valence-electron chi connectivity index (χ2n) is 5.15. The monoisotopic (exact) mass is 301 g/mol. The first-order valence-corrected chi connectivity index (χ1v) is 7.86. The lowest BCUT2D eigenvalue weighted by Crippen LogP contribution is -2.32. The molecule has 2 aromatic carbocycles. The molecular weight excluding hydrogens is 285 g/mol. The Bertz CT molecular complexity index is 673. The second-order valence-corrected chi connectivity index (χ2v) is 6.63. The van der Waals surface area contributed by atoms with E-state index in [1.165, 1.54) is 12.1 Å². The van der Waals surface area contributed by atoms with Gasteiger partial charge in [-0.3, -0.25) is 4.79 Å². The van der Waals surface area contributed by atoms with E-state index in [-0.39, 0.29) is 11.7 Å². The van der Waals surface area contributed by atoms with Crippen LogP contribution in [0.3, 0.4) is 0 Å². The van der Waals surface area contributed by atoms with Crippen molar-refractivity contribution in [2.75, 3.05) is 11.4 Å². The first-order valence-electron chi connectivity index (χ1n) is 6.98. The molecule has 1 amide bonds. The molecule has 3 rings (SSSR count). The number of anilines is 1. The van der Waals surface area contributed by atoms with Gasteiger partial charge in [-0.25, -0.2) is 4.39 Å². The van der Waals surface area contributed by atoms with Gasteiger partial charge < -0.3 is 4.90 Å². The van der Waals surface area contributed by atoms with Gasteiger partial charge in [-0.1, -0.05) is 25.1 Å². The second kappa shape index (κ2) is 5.90. The predicted octanol–water partition coefficient (Wildman–Crippen LogP) is 4.36. The molecule has 1 aliphatic heterocycles. The molecule has 0 saturated heterocycles. The average Bonchev–Trinajstić information content (AvgIpc) is 2.65. The van der Waals surface area contributed by atoms with Crippen LogP contribution in [-0.4, -0.2) is 17.7 Å². The van der Waals surface area contributed by atoms with Crippen molar-refractivity contribution in [3.05, 3.63) is 59.9 Å². The van der Waals surface area contributed by atoms with Crippen LogP contribution in [0.5, 0.6) is 0 Å². The molecule has 0 aliphatic carbocycles. The standard InChI is InChI=1S/C17H16FNOS/c1-12-9-10-19(15-7-2-3-8-16(15)21-12)17(20)13-5-4-6-14(18)11-13/h2-8,11-12H,9-10H2,1H3. The van der Waals surface area contributed by atoms with Crippen molar-refractivity contribution in [3.8, 4) is 0 Å². The Hall–Kier alpha value is -1.81. The number of halogens is 1. The van der Waals surface area contributed by atoms with E-state index in [0.717, 1.165) is 17.0 Å². The number of benzene rings is 2. The number of rotatable bonds is 1. The molecule has 0 saturated carbocycles. The Labute approximate surface area is 128 Å². The molecule has 0 spiro atoms. The summed E-state index contributed by atoms with van der Waals surface area (Å²) >= 11 is 1.78. The highest BCUT2D eigenvalue weighted by molar-refractivity contribution is 8.00. The molecule has 1 unspecified atom stereocenters. The van der Waals surface area contributed by atoms with Gasteiger partial charge in [-0.2, -0.15) is 0 Å². The van der Waals surface area contributed by atoms with E-state index in [9.17, 15) is 9.18 Å².